The summed E-state index contributed by atoms with van der Waals surface area (Å²) in [5.41, 5.74) is 1.24. The van der Waals surface area contributed by atoms with Gasteiger partial charge in [0.2, 0.25) is 0 Å². The third-order valence-corrected chi connectivity index (χ3v) is 5.43. The van der Waals surface area contributed by atoms with Crippen molar-refractivity contribution in [2.45, 2.75) is 45.6 Å². The summed E-state index contributed by atoms with van der Waals surface area (Å²) >= 11 is 1.81. The number of aliphatic imine (C=N–C) groups is 1. The van der Waals surface area contributed by atoms with Gasteiger partial charge in [-0.2, -0.15) is 0 Å². The number of hydrogen-bond donors (Lipinski definition) is 2. The van der Waals surface area contributed by atoms with Crippen LogP contribution in [-0.4, -0.2) is 55.1 Å². The van der Waals surface area contributed by atoms with Crippen LogP contribution >= 0.6 is 35.3 Å². The van der Waals surface area contributed by atoms with Gasteiger partial charge in [0, 0.05) is 56.8 Å². The van der Waals surface area contributed by atoms with E-state index in [9.17, 15) is 0 Å². The topological polar surface area (TPSA) is 52.5 Å². The molecule has 0 atom stereocenters. The molecule has 1 saturated heterocycles. The number of piperidine rings is 1. The van der Waals surface area contributed by atoms with Crippen molar-refractivity contribution in [2.75, 3.05) is 33.2 Å². The van der Waals surface area contributed by atoms with E-state index in [2.05, 4.69) is 45.9 Å². The van der Waals surface area contributed by atoms with E-state index in [4.69, 9.17) is 0 Å². The maximum atomic E-state index is 4.46. The zero-order chi connectivity index (χ0) is 17.4. The number of thiazole rings is 1. The zero-order valence-corrected chi connectivity index (χ0v) is 18.8. The van der Waals surface area contributed by atoms with Crippen molar-refractivity contribution in [3.8, 4) is 0 Å². The summed E-state index contributed by atoms with van der Waals surface area (Å²) < 4.78 is 0. The molecule has 0 radical (unpaired) electrons. The highest BCUT2D eigenvalue weighted by Crippen LogP contribution is 2.13. The third-order valence-electron chi connectivity index (χ3n) is 4.23. The molecule has 2 heterocycles. The van der Waals surface area contributed by atoms with Gasteiger partial charge in [-0.25, -0.2) is 4.98 Å². The number of likely N-dealkylation sites (tertiary alicyclic amines) is 1. The first-order valence-corrected chi connectivity index (χ1v) is 9.69. The second-order valence-electron chi connectivity index (χ2n) is 6.47. The number of guanidine groups is 1. The average Bonchev–Trinajstić information content (AvgIpc) is 3.03. The first-order chi connectivity index (χ1) is 11.6. The Morgan fingerprint density at radius 1 is 1.44 bits per heavy atom. The smallest absolute Gasteiger partial charge is 0.191 e. The number of nitrogens with one attached hydrogen (secondary N) is 2. The normalized spacial score (nSPS) is 16.4. The van der Waals surface area contributed by atoms with Crippen molar-refractivity contribution in [2.24, 2.45) is 4.99 Å². The molecule has 2 rings (SSSR count). The molecule has 0 aromatic carbocycles. The summed E-state index contributed by atoms with van der Waals surface area (Å²) in [6, 6.07) is 0.504. The van der Waals surface area contributed by atoms with Gasteiger partial charge in [0.15, 0.2) is 5.96 Å². The number of aromatic nitrogens is 1. The van der Waals surface area contributed by atoms with Gasteiger partial charge < -0.3 is 10.6 Å². The molecule has 0 saturated carbocycles. The maximum absolute atomic E-state index is 4.46. The first-order valence-electron chi connectivity index (χ1n) is 8.88. The lowest BCUT2D eigenvalue weighted by molar-refractivity contribution is 0.221. The van der Waals surface area contributed by atoms with Gasteiger partial charge in [-0.05, 0) is 26.2 Å². The molecular weight excluding hydrogens is 445 g/mol. The largest absolute Gasteiger partial charge is 0.356 e. The van der Waals surface area contributed by atoms with E-state index in [1.54, 1.807) is 0 Å². The van der Waals surface area contributed by atoms with E-state index in [0.29, 0.717) is 6.04 Å². The molecular formula is C18H32IN5S. The number of nitrogens with zero attached hydrogens (tertiary/aromatic N) is 3. The Morgan fingerprint density at radius 2 is 2.16 bits per heavy atom. The van der Waals surface area contributed by atoms with Crippen molar-refractivity contribution >= 4 is 41.3 Å². The van der Waals surface area contributed by atoms with E-state index < -0.39 is 0 Å². The first kappa shape index (κ1) is 22.4. The van der Waals surface area contributed by atoms with Gasteiger partial charge in [-0.15, -0.1) is 35.3 Å². The number of halogens is 1. The Hall–Kier alpha value is -0.670. The van der Waals surface area contributed by atoms with Gasteiger partial charge in [-0.3, -0.25) is 9.89 Å². The Labute approximate surface area is 173 Å². The summed E-state index contributed by atoms with van der Waals surface area (Å²) in [5.74, 6) is 0.903. The molecule has 0 spiro atoms. The summed E-state index contributed by atoms with van der Waals surface area (Å²) in [4.78, 5) is 12.6. The number of rotatable bonds is 7. The molecule has 7 heteroatoms. The van der Waals surface area contributed by atoms with E-state index in [0.717, 1.165) is 57.8 Å². The van der Waals surface area contributed by atoms with Crippen LogP contribution in [-0.2, 0) is 12.8 Å². The Bertz CT molecular complexity index is 549. The molecule has 5 nitrogen and oxygen atoms in total. The molecule has 0 amide bonds. The predicted octanol–water partition coefficient (Wildman–Crippen LogP) is 3.07. The van der Waals surface area contributed by atoms with E-state index >= 15 is 0 Å². The van der Waals surface area contributed by atoms with Gasteiger partial charge in [0.25, 0.3) is 0 Å². The second kappa shape index (κ2) is 11.9. The lowest BCUT2D eigenvalue weighted by Gasteiger charge is -2.33. The molecule has 1 fully saturated rings. The molecule has 1 aromatic heterocycles. The van der Waals surface area contributed by atoms with Gasteiger partial charge in [0.05, 0.1) is 5.01 Å². The lowest BCUT2D eigenvalue weighted by Crippen LogP contribution is -2.49. The Balaban J connectivity index is 0.00000312. The molecule has 0 unspecified atom stereocenters. The Morgan fingerprint density at radius 3 is 2.72 bits per heavy atom. The monoisotopic (exact) mass is 477 g/mol. The highest BCUT2D eigenvalue weighted by Gasteiger charge is 2.19. The minimum absolute atomic E-state index is 0. The average molecular weight is 477 g/mol. The molecule has 1 aliphatic heterocycles. The van der Waals surface area contributed by atoms with Crippen molar-refractivity contribution in [1.29, 1.82) is 0 Å². The quantitative estimate of drug-likeness (QED) is 0.274. The van der Waals surface area contributed by atoms with Gasteiger partial charge >= 0.3 is 0 Å². The van der Waals surface area contributed by atoms with Crippen LogP contribution in [0.25, 0.3) is 0 Å². The van der Waals surface area contributed by atoms with Crippen molar-refractivity contribution < 1.29 is 0 Å². The Kier molecular flexibility index (Phi) is 10.6. The van der Waals surface area contributed by atoms with Gasteiger partial charge in [-0.1, -0.05) is 19.1 Å². The van der Waals surface area contributed by atoms with E-state index in [1.165, 1.54) is 15.5 Å². The molecule has 2 N–H and O–H groups in total. The fourth-order valence-corrected chi connectivity index (χ4v) is 3.78. The number of hydrogen-bond acceptors (Lipinski definition) is 4. The van der Waals surface area contributed by atoms with Crippen LogP contribution in [0.3, 0.4) is 0 Å². The fourth-order valence-electron chi connectivity index (χ4n) is 2.92. The van der Waals surface area contributed by atoms with Crippen LogP contribution in [0.5, 0.6) is 0 Å². The van der Waals surface area contributed by atoms with Crippen LogP contribution in [0.4, 0.5) is 0 Å². The second-order valence-corrected chi connectivity index (χ2v) is 7.67. The fraction of sp³-hybridized carbons (Fsp3) is 0.667. The molecule has 1 aliphatic rings. The van der Waals surface area contributed by atoms with E-state index in [-0.39, 0.29) is 24.0 Å². The summed E-state index contributed by atoms with van der Waals surface area (Å²) in [6.07, 6.45) is 6.31. The third kappa shape index (κ3) is 8.04. The van der Waals surface area contributed by atoms with Crippen molar-refractivity contribution in [3.63, 3.8) is 0 Å². The summed E-state index contributed by atoms with van der Waals surface area (Å²) in [6.45, 7) is 12.4. The lowest BCUT2D eigenvalue weighted by atomic mass is 10.0. The molecule has 1 aromatic rings. The van der Waals surface area contributed by atoms with Crippen LogP contribution in [0.2, 0.25) is 0 Å². The molecule has 142 valence electrons. The molecule has 0 bridgehead atoms. The van der Waals surface area contributed by atoms with Crippen LogP contribution in [0.1, 0.15) is 36.6 Å². The van der Waals surface area contributed by atoms with Crippen molar-refractivity contribution in [3.05, 3.63) is 28.2 Å². The molecule has 25 heavy (non-hydrogen) atoms. The predicted molar refractivity (Wildman–Crippen MR) is 119 cm³/mol. The standard InChI is InChI=1S/C18H31N5S.HI/c1-5-16-12-21-17(24-16)6-9-20-18(19-4)22-15-7-10-23(11-8-15)13-14(2)3;/h12,15H,2,5-11,13H2,1,3-4H3,(H2,19,20,22);1H. The van der Waals surface area contributed by atoms with Crippen molar-refractivity contribution in [1.82, 2.24) is 20.5 Å². The minimum atomic E-state index is 0. The summed E-state index contributed by atoms with van der Waals surface area (Å²) in [5, 5.41) is 8.17. The van der Waals surface area contributed by atoms with Crippen LogP contribution in [0, 0.1) is 0 Å². The highest BCUT2D eigenvalue weighted by molar-refractivity contribution is 14.0. The summed E-state index contributed by atoms with van der Waals surface area (Å²) in [7, 11) is 1.84. The highest BCUT2D eigenvalue weighted by atomic mass is 127. The van der Waals surface area contributed by atoms with Gasteiger partial charge in [0.1, 0.15) is 0 Å². The maximum Gasteiger partial charge on any atom is 0.191 e. The zero-order valence-electron chi connectivity index (χ0n) is 15.7. The number of aryl methyl sites for hydroxylation is 1. The van der Waals surface area contributed by atoms with Crippen LogP contribution < -0.4 is 10.6 Å². The SMILES string of the molecule is C=C(C)CN1CCC(NC(=NC)NCCc2ncc(CC)s2)CC1.I. The minimum Gasteiger partial charge on any atom is -0.356 e. The van der Waals surface area contributed by atoms with E-state index in [1.807, 2.05) is 24.6 Å². The molecule has 0 aliphatic carbocycles. The van der Waals surface area contributed by atoms with Crippen LogP contribution in [0.15, 0.2) is 23.3 Å².